The third-order valence-corrected chi connectivity index (χ3v) is 2.86. The Morgan fingerprint density at radius 2 is 2.19 bits per heavy atom. The highest BCUT2D eigenvalue weighted by Crippen LogP contribution is 2.12. The number of aromatic amines is 2. The minimum absolute atomic E-state index is 0.182. The van der Waals surface area contributed by atoms with Gasteiger partial charge in [0.15, 0.2) is 11.5 Å². The Hall–Kier alpha value is -3.03. The summed E-state index contributed by atoms with van der Waals surface area (Å²) in [5.41, 5.74) is 1.85. The quantitative estimate of drug-likeness (QED) is 0.670. The number of carbonyl (C=O) groups excluding carboxylic acids is 1. The van der Waals surface area contributed by atoms with E-state index in [4.69, 9.17) is 0 Å². The van der Waals surface area contributed by atoms with Crippen molar-refractivity contribution in [2.45, 2.75) is 13.3 Å². The molecule has 106 valence electrons. The molecule has 0 saturated heterocycles. The Balaban J connectivity index is 1.74. The van der Waals surface area contributed by atoms with E-state index in [2.05, 4.69) is 35.7 Å². The number of hydrogen-bond donors (Lipinski definition) is 3. The number of carbonyl (C=O) groups is 1. The number of rotatable bonds is 4. The minimum atomic E-state index is -0.363. The van der Waals surface area contributed by atoms with Crippen molar-refractivity contribution < 1.29 is 4.79 Å². The van der Waals surface area contributed by atoms with Gasteiger partial charge < -0.3 is 0 Å². The summed E-state index contributed by atoms with van der Waals surface area (Å²) in [7, 11) is 0. The number of hydrogen-bond acceptors (Lipinski definition) is 5. The molecule has 0 unspecified atom stereocenters. The Morgan fingerprint density at radius 3 is 2.90 bits per heavy atom. The van der Waals surface area contributed by atoms with Crippen LogP contribution in [0, 0.1) is 0 Å². The third-order valence-electron chi connectivity index (χ3n) is 2.86. The van der Waals surface area contributed by atoms with Gasteiger partial charge in [-0.25, -0.2) is 0 Å². The van der Waals surface area contributed by atoms with E-state index in [0.717, 1.165) is 12.1 Å². The monoisotopic (exact) mass is 283 g/mol. The van der Waals surface area contributed by atoms with Gasteiger partial charge in [-0.15, -0.1) is 5.10 Å². The highest BCUT2D eigenvalue weighted by Gasteiger charge is 2.13. The second-order valence-corrected chi connectivity index (χ2v) is 4.31. The van der Waals surface area contributed by atoms with Gasteiger partial charge in [-0.3, -0.25) is 25.3 Å². The molecule has 21 heavy (non-hydrogen) atoms. The molecule has 0 spiro atoms. The fourth-order valence-electron chi connectivity index (χ4n) is 1.76. The van der Waals surface area contributed by atoms with Gasteiger partial charge >= 0.3 is 0 Å². The zero-order chi connectivity index (χ0) is 14.7. The second-order valence-electron chi connectivity index (χ2n) is 4.31. The number of aryl methyl sites for hydroxylation is 1. The van der Waals surface area contributed by atoms with E-state index in [1.54, 1.807) is 18.3 Å². The van der Waals surface area contributed by atoms with Crippen molar-refractivity contribution in [1.29, 1.82) is 0 Å². The normalized spacial score (nSPS) is 10.5. The highest BCUT2D eigenvalue weighted by molar-refractivity contribution is 6.01. The molecule has 8 heteroatoms. The highest BCUT2D eigenvalue weighted by atomic mass is 16.2. The van der Waals surface area contributed by atoms with E-state index < -0.39 is 0 Å². The maximum absolute atomic E-state index is 12.0. The Morgan fingerprint density at radius 1 is 1.29 bits per heavy atom. The van der Waals surface area contributed by atoms with Crippen molar-refractivity contribution in [2.75, 3.05) is 5.32 Å². The van der Waals surface area contributed by atoms with E-state index in [9.17, 15) is 4.79 Å². The molecule has 0 saturated carbocycles. The van der Waals surface area contributed by atoms with Crippen LogP contribution in [0.2, 0.25) is 0 Å². The molecule has 0 fully saturated rings. The van der Waals surface area contributed by atoms with Crippen LogP contribution in [0.1, 0.15) is 23.1 Å². The molecule has 3 N–H and O–H groups in total. The Bertz CT molecular complexity index is 747. The SMILES string of the molecule is CCc1cc(C(=O)Nc2n[nH]c(-c3ccccn3)n2)n[nH]1. The zero-order valence-corrected chi connectivity index (χ0v) is 11.3. The van der Waals surface area contributed by atoms with Gasteiger partial charge in [0.2, 0.25) is 5.95 Å². The maximum atomic E-state index is 12.0. The van der Waals surface area contributed by atoms with Crippen molar-refractivity contribution >= 4 is 11.9 Å². The van der Waals surface area contributed by atoms with E-state index in [1.165, 1.54) is 0 Å². The first kappa shape index (κ1) is 13.0. The Kier molecular flexibility index (Phi) is 3.42. The van der Waals surface area contributed by atoms with Crippen LogP contribution in [0.4, 0.5) is 5.95 Å². The molecule has 0 aromatic carbocycles. The molecule has 0 atom stereocenters. The van der Waals surface area contributed by atoms with Crippen LogP contribution in [-0.2, 0) is 6.42 Å². The molecule has 3 rings (SSSR count). The average molecular weight is 283 g/mol. The number of H-pyrrole nitrogens is 2. The molecule has 0 radical (unpaired) electrons. The molecule has 3 aromatic rings. The molecular formula is C13H13N7O. The first-order chi connectivity index (χ1) is 10.3. The van der Waals surface area contributed by atoms with Crippen LogP contribution in [0.3, 0.4) is 0 Å². The summed E-state index contributed by atoms with van der Waals surface area (Å²) in [6.45, 7) is 1.98. The van der Waals surface area contributed by atoms with Gasteiger partial charge in [-0.05, 0) is 24.6 Å². The van der Waals surface area contributed by atoms with Crippen LogP contribution in [0.5, 0.6) is 0 Å². The summed E-state index contributed by atoms with van der Waals surface area (Å²) in [6.07, 6.45) is 2.44. The van der Waals surface area contributed by atoms with E-state index in [0.29, 0.717) is 17.2 Å². The molecule has 0 bridgehead atoms. The predicted molar refractivity (Wildman–Crippen MR) is 75.5 cm³/mol. The van der Waals surface area contributed by atoms with Crippen molar-refractivity contribution in [3.63, 3.8) is 0 Å². The number of aromatic nitrogens is 6. The number of anilines is 1. The van der Waals surface area contributed by atoms with E-state index >= 15 is 0 Å². The van der Waals surface area contributed by atoms with Crippen LogP contribution in [-0.4, -0.2) is 36.3 Å². The van der Waals surface area contributed by atoms with Crippen molar-refractivity contribution in [3.8, 4) is 11.5 Å². The number of amides is 1. The van der Waals surface area contributed by atoms with Gasteiger partial charge in [0, 0.05) is 11.9 Å². The zero-order valence-electron chi connectivity index (χ0n) is 11.3. The standard InChI is InChI=1S/C13H13N7O/c1-2-8-7-10(18-17-8)12(21)16-13-15-11(19-20-13)9-5-3-4-6-14-9/h3-7H,2H2,1H3,(H,17,18)(H2,15,16,19,20,21). The molecule has 8 nitrogen and oxygen atoms in total. The molecule has 1 amide bonds. The van der Waals surface area contributed by atoms with Crippen molar-refractivity contribution in [3.05, 3.63) is 41.9 Å². The molecular weight excluding hydrogens is 270 g/mol. The summed E-state index contributed by atoms with van der Waals surface area (Å²) >= 11 is 0. The van der Waals surface area contributed by atoms with Gasteiger partial charge in [-0.1, -0.05) is 13.0 Å². The summed E-state index contributed by atoms with van der Waals surface area (Å²) in [5.74, 6) is 0.307. The van der Waals surface area contributed by atoms with Crippen LogP contribution in [0.25, 0.3) is 11.5 Å². The second kappa shape index (κ2) is 5.53. The summed E-state index contributed by atoms with van der Waals surface area (Å²) in [5, 5.41) is 16.0. The van der Waals surface area contributed by atoms with Gasteiger partial charge in [0.1, 0.15) is 5.69 Å². The maximum Gasteiger partial charge on any atom is 0.278 e. The fourth-order valence-corrected chi connectivity index (χ4v) is 1.76. The van der Waals surface area contributed by atoms with Crippen LogP contribution in [0.15, 0.2) is 30.5 Å². The Labute approximate surface area is 120 Å². The molecule has 3 aromatic heterocycles. The van der Waals surface area contributed by atoms with Gasteiger partial charge in [0.05, 0.1) is 0 Å². The first-order valence-electron chi connectivity index (χ1n) is 6.45. The summed E-state index contributed by atoms with van der Waals surface area (Å²) in [4.78, 5) is 20.3. The smallest absolute Gasteiger partial charge is 0.278 e. The molecule has 0 aliphatic rings. The predicted octanol–water partition coefficient (Wildman–Crippen LogP) is 1.40. The van der Waals surface area contributed by atoms with Gasteiger partial charge in [0.25, 0.3) is 5.91 Å². The third kappa shape index (κ3) is 2.78. The number of pyridine rings is 1. The number of nitrogens with zero attached hydrogens (tertiary/aromatic N) is 4. The molecule has 3 heterocycles. The lowest BCUT2D eigenvalue weighted by atomic mass is 10.3. The lowest BCUT2D eigenvalue weighted by Gasteiger charge is -1.95. The largest absolute Gasteiger partial charge is 0.288 e. The molecule has 0 aliphatic carbocycles. The minimum Gasteiger partial charge on any atom is -0.288 e. The summed E-state index contributed by atoms with van der Waals surface area (Å²) in [6, 6.07) is 7.15. The lowest BCUT2D eigenvalue weighted by molar-refractivity contribution is 0.102. The lowest BCUT2D eigenvalue weighted by Crippen LogP contribution is -2.13. The van der Waals surface area contributed by atoms with Gasteiger partial charge in [-0.2, -0.15) is 10.1 Å². The molecule has 0 aliphatic heterocycles. The topological polar surface area (TPSA) is 112 Å². The van der Waals surface area contributed by atoms with Crippen molar-refractivity contribution in [1.82, 2.24) is 30.4 Å². The fraction of sp³-hybridized carbons (Fsp3) is 0.154. The first-order valence-corrected chi connectivity index (χ1v) is 6.45. The van der Waals surface area contributed by atoms with Crippen molar-refractivity contribution in [2.24, 2.45) is 0 Å². The van der Waals surface area contributed by atoms with Crippen LogP contribution >= 0.6 is 0 Å². The van der Waals surface area contributed by atoms with Crippen LogP contribution < -0.4 is 5.32 Å². The van der Waals surface area contributed by atoms with E-state index in [-0.39, 0.29) is 11.9 Å². The average Bonchev–Trinajstić information content (AvgIpc) is 3.17. The summed E-state index contributed by atoms with van der Waals surface area (Å²) < 4.78 is 0. The number of nitrogens with one attached hydrogen (secondary N) is 3. The van der Waals surface area contributed by atoms with E-state index in [1.807, 2.05) is 19.1 Å².